The van der Waals surface area contributed by atoms with E-state index in [9.17, 15) is 8.42 Å². The maximum atomic E-state index is 12.1. The van der Waals surface area contributed by atoms with E-state index in [-0.39, 0.29) is 11.8 Å². The fourth-order valence-electron chi connectivity index (χ4n) is 2.79. The third kappa shape index (κ3) is 3.09. The van der Waals surface area contributed by atoms with Crippen molar-refractivity contribution in [1.82, 2.24) is 18.8 Å². The third-order valence-electron chi connectivity index (χ3n) is 4.06. The predicted molar refractivity (Wildman–Crippen MR) is 85.4 cm³/mol. The summed E-state index contributed by atoms with van der Waals surface area (Å²) in [6.45, 7) is 4.96. The van der Waals surface area contributed by atoms with Crippen LogP contribution in [0.15, 0.2) is 30.7 Å². The summed E-state index contributed by atoms with van der Waals surface area (Å²) in [6, 6.07) is 3.40. The molecule has 0 aliphatic carbocycles. The number of ether oxygens (including phenoxy) is 1. The van der Waals surface area contributed by atoms with Crippen molar-refractivity contribution in [2.45, 2.75) is 33.0 Å². The van der Waals surface area contributed by atoms with Gasteiger partial charge in [-0.1, -0.05) is 0 Å². The minimum Gasteiger partial charge on any atom is -0.486 e. The largest absolute Gasteiger partial charge is 0.486 e. The summed E-state index contributed by atoms with van der Waals surface area (Å²) < 4.78 is 33.6. The number of pyridine rings is 1. The molecule has 3 rings (SSSR count). The Morgan fingerprint density at radius 2 is 2.17 bits per heavy atom. The van der Waals surface area contributed by atoms with E-state index < -0.39 is 10.0 Å². The van der Waals surface area contributed by atoms with Gasteiger partial charge in [-0.15, -0.1) is 0 Å². The summed E-state index contributed by atoms with van der Waals surface area (Å²) in [4.78, 5) is 8.42. The van der Waals surface area contributed by atoms with Gasteiger partial charge in [-0.3, -0.25) is 4.98 Å². The maximum Gasteiger partial charge on any atom is 0.214 e. The average molecular weight is 336 g/mol. The van der Waals surface area contributed by atoms with Crippen molar-refractivity contribution in [3.8, 4) is 5.75 Å². The Bertz CT molecular complexity index is 773. The number of rotatable bonds is 5. The van der Waals surface area contributed by atoms with Crippen LogP contribution in [-0.2, 0) is 23.2 Å². The van der Waals surface area contributed by atoms with Crippen LogP contribution in [0.2, 0.25) is 0 Å². The number of aromatic nitrogens is 3. The first-order chi connectivity index (χ1) is 11.0. The van der Waals surface area contributed by atoms with Gasteiger partial charge in [0.05, 0.1) is 29.9 Å². The number of hydrogen-bond acceptors (Lipinski definition) is 5. The van der Waals surface area contributed by atoms with Crippen LogP contribution >= 0.6 is 0 Å². The maximum absolute atomic E-state index is 12.1. The zero-order chi connectivity index (χ0) is 16.4. The molecule has 1 aliphatic heterocycles. The molecule has 23 heavy (non-hydrogen) atoms. The number of nitrogens with zero attached hydrogens (tertiary/aromatic N) is 4. The monoisotopic (exact) mass is 336 g/mol. The Labute approximate surface area is 136 Å². The van der Waals surface area contributed by atoms with Gasteiger partial charge >= 0.3 is 0 Å². The highest BCUT2D eigenvalue weighted by molar-refractivity contribution is 7.89. The molecule has 0 saturated heterocycles. The first-order valence-electron chi connectivity index (χ1n) is 7.59. The van der Waals surface area contributed by atoms with Gasteiger partial charge in [0.25, 0.3) is 0 Å². The first kappa shape index (κ1) is 15.9. The van der Waals surface area contributed by atoms with E-state index in [2.05, 4.69) is 9.97 Å². The summed E-state index contributed by atoms with van der Waals surface area (Å²) in [5, 5.41) is 0. The summed E-state index contributed by atoms with van der Waals surface area (Å²) in [7, 11) is -3.22. The lowest BCUT2D eigenvalue weighted by atomic mass is 10.2. The minimum atomic E-state index is -3.22. The molecule has 8 heteroatoms. The normalized spacial score (nSPS) is 18.6. The summed E-state index contributed by atoms with van der Waals surface area (Å²) in [5.41, 5.74) is 0.934. The number of fused-ring (bicyclic) bond motifs is 1. The third-order valence-corrected chi connectivity index (χ3v) is 6.00. The second kappa shape index (κ2) is 6.29. The SMILES string of the molecule is CCS(=O)(=O)N1CCn2c(COc3cccnc3)cnc2C1C. The standard InChI is InChI=1S/C15H20N4O3S/c1-3-23(20,21)19-8-7-18-13(9-17-15(18)12(19)2)11-22-14-5-4-6-16-10-14/h4-6,9-10,12H,3,7-8,11H2,1-2H3. The van der Waals surface area contributed by atoms with Crippen molar-refractivity contribution in [3.05, 3.63) is 42.2 Å². The van der Waals surface area contributed by atoms with E-state index in [4.69, 9.17) is 4.74 Å². The highest BCUT2D eigenvalue weighted by Gasteiger charge is 2.33. The lowest BCUT2D eigenvalue weighted by Crippen LogP contribution is -2.42. The van der Waals surface area contributed by atoms with Crippen molar-refractivity contribution >= 4 is 10.0 Å². The molecule has 2 aromatic heterocycles. The Morgan fingerprint density at radius 3 is 2.87 bits per heavy atom. The molecule has 1 aliphatic rings. The summed E-state index contributed by atoms with van der Waals surface area (Å²) in [5.74, 6) is 1.56. The molecular weight excluding hydrogens is 316 g/mol. The van der Waals surface area contributed by atoms with Crippen LogP contribution in [0, 0.1) is 0 Å². The molecule has 0 N–H and O–H groups in total. The van der Waals surface area contributed by atoms with Crippen molar-refractivity contribution in [1.29, 1.82) is 0 Å². The molecule has 3 heterocycles. The molecule has 0 spiro atoms. The van der Waals surface area contributed by atoms with Gasteiger partial charge in [-0.25, -0.2) is 13.4 Å². The number of sulfonamides is 1. The van der Waals surface area contributed by atoms with Crippen LogP contribution < -0.4 is 4.74 Å². The van der Waals surface area contributed by atoms with Gasteiger partial charge < -0.3 is 9.30 Å². The van der Waals surface area contributed by atoms with Gasteiger partial charge in [0.1, 0.15) is 18.2 Å². The second-order valence-corrected chi connectivity index (χ2v) is 7.63. The van der Waals surface area contributed by atoms with E-state index in [0.717, 1.165) is 11.5 Å². The zero-order valence-corrected chi connectivity index (χ0v) is 14.0. The van der Waals surface area contributed by atoms with Gasteiger partial charge in [0, 0.05) is 19.3 Å². The highest BCUT2D eigenvalue weighted by Crippen LogP contribution is 2.28. The average Bonchev–Trinajstić information content (AvgIpc) is 2.98. The second-order valence-electron chi connectivity index (χ2n) is 5.42. The minimum absolute atomic E-state index is 0.106. The highest BCUT2D eigenvalue weighted by atomic mass is 32.2. The molecule has 124 valence electrons. The van der Waals surface area contributed by atoms with Crippen LogP contribution in [-0.4, -0.2) is 39.6 Å². The topological polar surface area (TPSA) is 77.3 Å². The first-order valence-corrected chi connectivity index (χ1v) is 9.20. The predicted octanol–water partition coefficient (Wildman–Crippen LogP) is 1.58. The van der Waals surface area contributed by atoms with Crippen molar-refractivity contribution in [2.75, 3.05) is 12.3 Å². The fourth-order valence-corrected chi connectivity index (χ4v) is 4.06. The molecule has 0 aromatic carbocycles. The molecule has 1 atom stereocenters. The number of imidazole rings is 1. The fraction of sp³-hybridized carbons (Fsp3) is 0.467. The van der Waals surface area contributed by atoms with E-state index in [0.29, 0.717) is 25.4 Å². The van der Waals surface area contributed by atoms with E-state index in [1.54, 1.807) is 25.5 Å². The molecule has 0 amide bonds. The van der Waals surface area contributed by atoms with Gasteiger partial charge in [-0.2, -0.15) is 4.31 Å². The number of hydrogen-bond donors (Lipinski definition) is 0. The van der Waals surface area contributed by atoms with Crippen molar-refractivity contribution in [3.63, 3.8) is 0 Å². The van der Waals surface area contributed by atoms with Crippen LogP contribution in [0.1, 0.15) is 31.4 Å². The van der Waals surface area contributed by atoms with Crippen LogP contribution in [0.4, 0.5) is 0 Å². The molecule has 2 aromatic rings. The van der Waals surface area contributed by atoms with Gasteiger partial charge in [0.15, 0.2) is 0 Å². The molecule has 0 radical (unpaired) electrons. The Kier molecular flexibility index (Phi) is 4.36. The molecule has 0 bridgehead atoms. The van der Waals surface area contributed by atoms with Crippen LogP contribution in [0.5, 0.6) is 5.75 Å². The van der Waals surface area contributed by atoms with Crippen molar-refractivity contribution in [2.24, 2.45) is 0 Å². The van der Waals surface area contributed by atoms with E-state index in [1.807, 2.05) is 23.6 Å². The van der Waals surface area contributed by atoms with Crippen LogP contribution in [0.3, 0.4) is 0 Å². The Morgan fingerprint density at radius 1 is 1.35 bits per heavy atom. The lowest BCUT2D eigenvalue weighted by molar-refractivity contribution is 0.255. The lowest BCUT2D eigenvalue weighted by Gasteiger charge is -2.33. The zero-order valence-electron chi connectivity index (χ0n) is 13.2. The quantitative estimate of drug-likeness (QED) is 0.828. The van der Waals surface area contributed by atoms with Gasteiger partial charge in [0.2, 0.25) is 10.0 Å². The molecule has 1 unspecified atom stereocenters. The van der Waals surface area contributed by atoms with E-state index >= 15 is 0 Å². The Balaban J connectivity index is 1.78. The van der Waals surface area contributed by atoms with Crippen LogP contribution in [0.25, 0.3) is 0 Å². The van der Waals surface area contributed by atoms with E-state index in [1.165, 1.54) is 4.31 Å². The molecule has 0 fully saturated rings. The molecule has 7 nitrogen and oxygen atoms in total. The summed E-state index contributed by atoms with van der Waals surface area (Å²) in [6.07, 6.45) is 5.11. The summed E-state index contributed by atoms with van der Waals surface area (Å²) >= 11 is 0. The molecule has 0 saturated carbocycles. The smallest absolute Gasteiger partial charge is 0.214 e. The Hall–Kier alpha value is -1.93. The molecular formula is C15H20N4O3S. The van der Waals surface area contributed by atoms with Gasteiger partial charge in [-0.05, 0) is 26.0 Å². The van der Waals surface area contributed by atoms with Crippen molar-refractivity contribution < 1.29 is 13.2 Å².